The van der Waals surface area contributed by atoms with E-state index in [4.69, 9.17) is 4.74 Å². The van der Waals surface area contributed by atoms with Crippen LogP contribution in [0.5, 0.6) is 0 Å². The molecule has 0 bridgehead atoms. The van der Waals surface area contributed by atoms with Gasteiger partial charge in [-0.25, -0.2) is 4.90 Å². The second-order valence-electron chi connectivity index (χ2n) is 6.35. The van der Waals surface area contributed by atoms with Crippen molar-refractivity contribution < 1.29 is 19.1 Å². The normalized spacial score (nSPS) is 18.9. The molecular weight excluding hydrogens is 332 g/mol. The Morgan fingerprint density at radius 2 is 1.69 bits per heavy atom. The molecule has 26 heavy (non-hydrogen) atoms. The zero-order valence-electron chi connectivity index (χ0n) is 14.1. The van der Waals surface area contributed by atoms with Crippen molar-refractivity contribution >= 4 is 23.4 Å². The van der Waals surface area contributed by atoms with Crippen molar-refractivity contribution in [3.63, 3.8) is 0 Å². The lowest BCUT2D eigenvalue weighted by Crippen LogP contribution is -2.35. The topological polar surface area (TPSA) is 75.7 Å². The van der Waals surface area contributed by atoms with Crippen molar-refractivity contribution in [1.82, 2.24) is 5.32 Å². The molecular formula is C20H18N2O4. The van der Waals surface area contributed by atoms with Crippen LogP contribution in [-0.2, 0) is 4.74 Å². The number of carbonyl (C=O) groups excluding carboxylic acids is 3. The minimum Gasteiger partial charge on any atom is -0.376 e. The molecule has 0 unspecified atom stereocenters. The molecule has 6 nitrogen and oxygen atoms in total. The SMILES string of the molecule is O=C(NC[C@H]1CCCO1)c1ccccc1N1C(=O)c2ccccc2C1=O. The molecule has 1 saturated heterocycles. The number of amides is 3. The van der Waals surface area contributed by atoms with Gasteiger partial charge in [-0.2, -0.15) is 0 Å². The number of imide groups is 1. The molecule has 0 radical (unpaired) electrons. The van der Waals surface area contributed by atoms with E-state index in [1.54, 1.807) is 48.5 Å². The highest BCUT2D eigenvalue weighted by Gasteiger charge is 2.37. The minimum atomic E-state index is -0.412. The number of anilines is 1. The Labute approximate surface area is 150 Å². The van der Waals surface area contributed by atoms with Gasteiger partial charge in [0.2, 0.25) is 0 Å². The number of hydrogen-bond acceptors (Lipinski definition) is 4. The predicted octanol–water partition coefficient (Wildman–Crippen LogP) is 2.40. The van der Waals surface area contributed by atoms with Crippen LogP contribution >= 0.6 is 0 Å². The van der Waals surface area contributed by atoms with Crippen LogP contribution in [-0.4, -0.2) is 37.0 Å². The van der Waals surface area contributed by atoms with Crippen LogP contribution < -0.4 is 10.2 Å². The van der Waals surface area contributed by atoms with Gasteiger partial charge in [0.15, 0.2) is 0 Å². The molecule has 0 spiro atoms. The van der Waals surface area contributed by atoms with Gasteiger partial charge < -0.3 is 10.1 Å². The van der Waals surface area contributed by atoms with Crippen molar-refractivity contribution in [3.05, 3.63) is 65.2 Å². The first-order valence-electron chi connectivity index (χ1n) is 8.63. The summed E-state index contributed by atoms with van der Waals surface area (Å²) >= 11 is 0. The molecule has 1 atom stereocenters. The Morgan fingerprint density at radius 3 is 2.35 bits per heavy atom. The molecule has 2 aliphatic heterocycles. The smallest absolute Gasteiger partial charge is 0.266 e. The standard InChI is InChI=1S/C20H18N2O4/c23-18(21-12-13-6-5-11-26-13)16-9-3-4-10-17(16)22-19(24)14-7-1-2-8-15(14)20(22)25/h1-4,7-10,13H,5-6,11-12H2,(H,21,23)/t13-/m1/s1. The van der Waals surface area contributed by atoms with Crippen LogP contribution in [0.2, 0.25) is 0 Å². The third-order valence-electron chi connectivity index (χ3n) is 4.70. The predicted molar refractivity (Wildman–Crippen MR) is 95.3 cm³/mol. The molecule has 4 rings (SSSR count). The number of hydrogen-bond donors (Lipinski definition) is 1. The van der Waals surface area contributed by atoms with Gasteiger partial charge in [-0.05, 0) is 37.1 Å². The number of nitrogens with zero attached hydrogens (tertiary/aromatic N) is 1. The Bertz CT molecular complexity index is 852. The van der Waals surface area contributed by atoms with Crippen LogP contribution in [0.15, 0.2) is 48.5 Å². The average Bonchev–Trinajstić information content (AvgIpc) is 3.28. The van der Waals surface area contributed by atoms with E-state index in [9.17, 15) is 14.4 Å². The van der Waals surface area contributed by atoms with E-state index in [1.807, 2.05) is 0 Å². The maximum Gasteiger partial charge on any atom is 0.266 e. The molecule has 3 amide bonds. The van der Waals surface area contributed by atoms with E-state index in [2.05, 4.69) is 5.32 Å². The van der Waals surface area contributed by atoms with Gasteiger partial charge in [0.25, 0.3) is 17.7 Å². The lowest BCUT2D eigenvalue weighted by molar-refractivity contribution is 0.0858. The first-order chi connectivity index (χ1) is 12.7. The third-order valence-corrected chi connectivity index (χ3v) is 4.70. The van der Waals surface area contributed by atoms with Crippen LogP contribution in [0.3, 0.4) is 0 Å². The molecule has 2 heterocycles. The summed E-state index contributed by atoms with van der Waals surface area (Å²) in [6.45, 7) is 1.13. The van der Waals surface area contributed by atoms with Crippen LogP contribution in [0.1, 0.15) is 43.9 Å². The van der Waals surface area contributed by atoms with Crippen LogP contribution in [0.25, 0.3) is 0 Å². The molecule has 2 aromatic carbocycles. The van der Waals surface area contributed by atoms with Crippen molar-refractivity contribution in [1.29, 1.82) is 0 Å². The van der Waals surface area contributed by atoms with Gasteiger partial charge in [0, 0.05) is 13.2 Å². The summed E-state index contributed by atoms with van der Waals surface area (Å²) in [5, 5.41) is 2.84. The van der Waals surface area contributed by atoms with Crippen LogP contribution in [0.4, 0.5) is 5.69 Å². The minimum absolute atomic E-state index is 0.0189. The molecule has 0 aliphatic carbocycles. The van der Waals surface area contributed by atoms with Gasteiger partial charge in [0.05, 0.1) is 28.5 Å². The van der Waals surface area contributed by atoms with Gasteiger partial charge in [-0.3, -0.25) is 14.4 Å². The Hall–Kier alpha value is -2.99. The first kappa shape index (κ1) is 16.5. The summed E-state index contributed by atoms with van der Waals surface area (Å²) < 4.78 is 5.51. The zero-order valence-corrected chi connectivity index (χ0v) is 14.1. The van der Waals surface area contributed by atoms with E-state index in [0.29, 0.717) is 35.5 Å². The maximum atomic E-state index is 12.7. The highest BCUT2D eigenvalue weighted by Crippen LogP contribution is 2.30. The molecule has 0 aromatic heterocycles. The fourth-order valence-electron chi connectivity index (χ4n) is 3.38. The summed E-state index contributed by atoms with van der Waals surface area (Å²) in [6, 6.07) is 13.3. The fraction of sp³-hybridized carbons (Fsp3) is 0.250. The number of nitrogens with one attached hydrogen (secondary N) is 1. The van der Waals surface area contributed by atoms with E-state index in [-0.39, 0.29) is 12.0 Å². The highest BCUT2D eigenvalue weighted by atomic mass is 16.5. The van der Waals surface area contributed by atoms with Gasteiger partial charge in [0.1, 0.15) is 0 Å². The summed E-state index contributed by atoms with van der Waals surface area (Å²) in [6.07, 6.45) is 1.93. The Kier molecular flexibility index (Phi) is 4.26. The molecule has 6 heteroatoms. The van der Waals surface area contributed by atoms with E-state index < -0.39 is 11.8 Å². The molecule has 2 aromatic rings. The summed E-state index contributed by atoms with van der Waals surface area (Å²) in [5.74, 6) is -1.15. The Morgan fingerprint density at radius 1 is 1.04 bits per heavy atom. The second-order valence-corrected chi connectivity index (χ2v) is 6.35. The van der Waals surface area contributed by atoms with Crippen molar-refractivity contribution in [2.75, 3.05) is 18.1 Å². The molecule has 132 valence electrons. The van der Waals surface area contributed by atoms with E-state index in [1.165, 1.54) is 0 Å². The summed E-state index contributed by atoms with van der Waals surface area (Å²) in [7, 11) is 0. The number of ether oxygens (including phenoxy) is 1. The van der Waals surface area contributed by atoms with Gasteiger partial charge in [-0.15, -0.1) is 0 Å². The number of benzene rings is 2. The number of para-hydroxylation sites is 1. The highest BCUT2D eigenvalue weighted by molar-refractivity contribution is 6.35. The van der Waals surface area contributed by atoms with Gasteiger partial charge >= 0.3 is 0 Å². The molecule has 2 aliphatic rings. The van der Waals surface area contributed by atoms with E-state index >= 15 is 0 Å². The number of rotatable bonds is 4. The quantitative estimate of drug-likeness (QED) is 0.859. The van der Waals surface area contributed by atoms with Crippen molar-refractivity contribution in [3.8, 4) is 0 Å². The average molecular weight is 350 g/mol. The largest absolute Gasteiger partial charge is 0.376 e. The zero-order chi connectivity index (χ0) is 18.1. The van der Waals surface area contributed by atoms with Crippen molar-refractivity contribution in [2.45, 2.75) is 18.9 Å². The number of fused-ring (bicyclic) bond motifs is 1. The summed E-state index contributed by atoms with van der Waals surface area (Å²) in [4.78, 5) is 39.1. The Balaban J connectivity index is 1.61. The maximum absolute atomic E-state index is 12.7. The first-order valence-corrected chi connectivity index (χ1v) is 8.63. The molecule has 0 saturated carbocycles. The third kappa shape index (κ3) is 2.78. The number of carbonyl (C=O) groups is 3. The monoisotopic (exact) mass is 350 g/mol. The van der Waals surface area contributed by atoms with Crippen molar-refractivity contribution in [2.24, 2.45) is 0 Å². The van der Waals surface area contributed by atoms with Gasteiger partial charge in [-0.1, -0.05) is 24.3 Å². The van der Waals surface area contributed by atoms with E-state index in [0.717, 1.165) is 17.7 Å². The second kappa shape index (κ2) is 6.72. The molecule has 1 fully saturated rings. The molecule has 1 N–H and O–H groups in total. The fourth-order valence-corrected chi connectivity index (χ4v) is 3.38. The summed E-state index contributed by atoms with van der Waals surface area (Å²) in [5.41, 5.74) is 1.29. The lowest BCUT2D eigenvalue weighted by atomic mass is 10.1. The van der Waals surface area contributed by atoms with Crippen LogP contribution in [0, 0.1) is 0 Å². The lowest BCUT2D eigenvalue weighted by Gasteiger charge is -2.18.